The smallest absolute Gasteiger partial charge is 0.345 e. The van der Waals surface area contributed by atoms with E-state index in [0.29, 0.717) is 11.6 Å². The minimum absolute atomic E-state index is 0.0977. The first-order chi connectivity index (χ1) is 11.1. The molecular weight excluding hydrogens is 294 g/mol. The molecule has 2 saturated carbocycles. The number of Topliss-reactive ketones (excluding diaryl/α,β-unsaturated/α-hetero) is 1. The molecule has 3 aliphatic rings. The molecule has 0 aromatic carbocycles. The Labute approximate surface area is 134 Å². The van der Waals surface area contributed by atoms with Gasteiger partial charge in [-0.25, -0.2) is 4.79 Å². The summed E-state index contributed by atoms with van der Waals surface area (Å²) in [4.78, 5) is 24.9. The second-order valence-corrected chi connectivity index (χ2v) is 6.94. The van der Waals surface area contributed by atoms with E-state index in [-0.39, 0.29) is 11.3 Å². The molecule has 1 aliphatic heterocycles. The second kappa shape index (κ2) is 4.98. The van der Waals surface area contributed by atoms with Crippen LogP contribution < -0.4 is 0 Å². The number of aromatic nitrogens is 1. The van der Waals surface area contributed by atoms with Gasteiger partial charge in [0.1, 0.15) is 16.9 Å². The number of carbonyl (C=O) groups excluding carboxylic acids is 2. The lowest BCUT2D eigenvalue weighted by Crippen LogP contribution is -2.45. The largest absolute Gasteiger partial charge is 0.509 e. The van der Waals surface area contributed by atoms with Crippen molar-refractivity contribution in [1.82, 2.24) is 4.57 Å². The fourth-order valence-electron chi connectivity index (χ4n) is 4.14. The molecule has 1 N–H and O–H groups in total. The van der Waals surface area contributed by atoms with Gasteiger partial charge in [-0.2, -0.15) is 0 Å². The number of ketones is 1. The van der Waals surface area contributed by atoms with Crippen LogP contribution in [0.4, 0.5) is 0 Å². The highest BCUT2D eigenvalue weighted by Gasteiger charge is 2.49. The van der Waals surface area contributed by atoms with Gasteiger partial charge in [0.05, 0.1) is 12.8 Å². The fraction of sp³-hybridized carbons (Fsp3) is 0.556. The summed E-state index contributed by atoms with van der Waals surface area (Å²) in [5, 5.41) is 10.9. The first kappa shape index (κ1) is 14.5. The molecule has 1 spiro atoms. The van der Waals surface area contributed by atoms with Crippen LogP contribution in [0.5, 0.6) is 0 Å². The van der Waals surface area contributed by atoms with Gasteiger partial charge >= 0.3 is 5.97 Å². The minimum Gasteiger partial charge on any atom is -0.509 e. The summed E-state index contributed by atoms with van der Waals surface area (Å²) < 4.78 is 6.71. The Balaban J connectivity index is 1.91. The molecule has 0 amide bonds. The maximum atomic E-state index is 12.8. The number of rotatable bonds is 2. The number of allylic oxidation sites excluding steroid dienone is 1. The maximum Gasteiger partial charge on any atom is 0.345 e. The molecule has 2 fully saturated rings. The topological polar surface area (TPSA) is 68.5 Å². The molecule has 0 radical (unpaired) electrons. The van der Waals surface area contributed by atoms with Gasteiger partial charge in [-0.05, 0) is 43.2 Å². The molecule has 1 aromatic rings. The summed E-state index contributed by atoms with van der Waals surface area (Å²) in [6.07, 6.45) is 8.88. The Morgan fingerprint density at radius 2 is 2.00 bits per heavy atom. The molecule has 23 heavy (non-hydrogen) atoms. The first-order valence-electron chi connectivity index (χ1n) is 8.38. The number of hydrogen-bond donors (Lipinski definition) is 1. The summed E-state index contributed by atoms with van der Waals surface area (Å²) >= 11 is 0. The molecule has 0 unspecified atom stereocenters. The van der Waals surface area contributed by atoms with E-state index in [4.69, 9.17) is 4.74 Å². The van der Waals surface area contributed by atoms with Crippen molar-refractivity contribution in [3.8, 4) is 0 Å². The maximum absolute atomic E-state index is 12.8. The van der Waals surface area contributed by atoms with Gasteiger partial charge in [-0.3, -0.25) is 4.79 Å². The number of esters is 1. The predicted octanol–water partition coefficient (Wildman–Crippen LogP) is 3.21. The number of ether oxygens (including phenoxy) is 1. The van der Waals surface area contributed by atoms with Crippen LogP contribution in [-0.2, 0) is 15.1 Å². The van der Waals surface area contributed by atoms with Gasteiger partial charge in [0, 0.05) is 6.20 Å². The Hall–Kier alpha value is -2.04. The van der Waals surface area contributed by atoms with Gasteiger partial charge in [0.15, 0.2) is 0 Å². The van der Waals surface area contributed by atoms with Crippen molar-refractivity contribution in [2.45, 2.75) is 56.4 Å². The minimum atomic E-state index is -0.738. The second-order valence-electron chi connectivity index (χ2n) is 6.94. The van der Waals surface area contributed by atoms with Gasteiger partial charge < -0.3 is 14.4 Å². The van der Waals surface area contributed by atoms with Crippen molar-refractivity contribution in [1.29, 1.82) is 0 Å². The molecule has 0 atom stereocenters. The van der Waals surface area contributed by atoms with E-state index in [9.17, 15) is 14.7 Å². The lowest BCUT2D eigenvalue weighted by atomic mass is 9.76. The van der Waals surface area contributed by atoms with E-state index in [1.54, 1.807) is 0 Å². The number of methoxy groups -OCH3 is 1. The standard InChI is InChI=1S/C18H21NO4/c1-23-17(22)14-15(20)13-9-12(11-5-6-11)10-19(13)18(16(14)21)7-3-2-4-8-18/h9-11,21H,2-8H2,1H3. The van der Waals surface area contributed by atoms with Crippen molar-refractivity contribution in [2.24, 2.45) is 0 Å². The number of nitrogens with zero attached hydrogens (tertiary/aromatic N) is 1. The van der Waals surface area contributed by atoms with Crippen LogP contribution in [0.25, 0.3) is 0 Å². The summed E-state index contributed by atoms with van der Waals surface area (Å²) in [5.74, 6) is -0.736. The molecule has 5 nitrogen and oxygen atoms in total. The number of carbonyl (C=O) groups is 2. The average Bonchev–Trinajstić information content (AvgIpc) is 3.32. The van der Waals surface area contributed by atoms with E-state index >= 15 is 0 Å². The van der Waals surface area contributed by atoms with Crippen LogP contribution in [0.2, 0.25) is 0 Å². The van der Waals surface area contributed by atoms with Gasteiger partial charge in [-0.1, -0.05) is 19.3 Å². The van der Waals surface area contributed by atoms with Crippen molar-refractivity contribution in [3.63, 3.8) is 0 Å². The Kier molecular flexibility index (Phi) is 3.15. The van der Waals surface area contributed by atoms with Crippen molar-refractivity contribution in [2.75, 3.05) is 7.11 Å². The lowest BCUT2D eigenvalue weighted by molar-refractivity contribution is -0.136. The van der Waals surface area contributed by atoms with Crippen LogP contribution in [-0.4, -0.2) is 28.5 Å². The zero-order valence-electron chi connectivity index (χ0n) is 13.3. The zero-order chi connectivity index (χ0) is 16.2. The highest BCUT2D eigenvalue weighted by Crippen LogP contribution is 2.48. The van der Waals surface area contributed by atoms with Crippen LogP contribution in [0.3, 0.4) is 0 Å². The van der Waals surface area contributed by atoms with Crippen molar-refractivity contribution >= 4 is 11.8 Å². The first-order valence-corrected chi connectivity index (χ1v) is 8.38. The molecule has 5 heteroatoms. The van der Waals surface area contributed by atoms with Crippen molar-refractivity contribution in [3.05, 3.63) is 34.9 Å². The average molecular weight is 315 g/mol. The Morgan fingerprint density at radius 1 is 1.30 bits per heavy atom. The van der Waals surface area contributed by atoms with E-state index in [0.717, 1.165) is 50.5 Å². The third-order valence-electron chi connectivity index (χ3n) is 5.56. The molecule has 0 bridgehead atoms. The Morgan fingerprint density at radius 3 is 2.61 bits per heavy atom. The van der Waals surface area contributed by atoms with Crippen molar-refractivity contribution < 1.29 is 19.4 Å². The van der Waals surface area contributed by atoms with Gasteiger partial charge in [-0.15, -0.1) is 0 Å². The van der Waals surface area contributed by atoms with Gasteiger partial charge in [0.25, 0.3) is 0 Å². The lowest BCUT2D eigenvalue weighted by Gasteiger charge is -2.42. The zero-order valence-corrected chi connectivity index (χ0v) is 13.3. The molecule has 2 heterocycles. The van der Waals surface area contributed by atoms with Crippen LogP contribution in [0.15, 0.2) is 23.6 Å². The monoisotopic (exact) mass is 315 g/mol. The highest BCUT2D eigenvalue weighted by atomic mass is 16.5. The molecular formula is C18H21NO4. The third-order valence-corrected chi connectivity index (χ3v) is 5.56. The molecule has 4 rings (SSSR count). The summed E-state index contributed by atoms with van der Waals surface area (Å²) in [7, 11) is 1.24. The molecule has 1 aromatic heterocycles. The summed E-state index contributed by atoms with van der Waals surface area (Å²) in [5.41, 5.74) is 0.838. The number of hydrogen-bond acceptors (Lipinski definition) is 4. The molecule has 0 saturated heterocycles. The normalized spacial score (nSPS) is 23.1. The number of aliphatic hydroxyl groups is 1. The number of aliphatic hydroxyl groups excluding tert-OH is 1. The fourth-order valence-corrected chi connectivity index (χ4v) is 4.14. The summed E-state index contributed by atoms with van der Waals surface area (Å²) in [6.45, 7) is 0. The third kappa shape index (κ3) is 1.98. The summed E-state index contributed by atoms with van der Waals surface area (Å²) in [6, 6.07) is 1.91. The molecule has 2 aliphatic carbocycles. The van der Waals surface area contributed by atoms with E-state index in [1.807, 2.05) is 16.8 Å². The van der Waals surface area contributed by atoms with Crippen LogP contribution >= 0.6 is 0 Å². The van der Waals surface area contributed by atoms with E-state index < -0.39 is 17.3 Å². The van der Waals surface area contributed by atoms with E-state index in [1.165, 1.54) is 7.11 Å². The van der Waals surface area contributed by atoms with E-state index in [2.05, 4.69) is 0 Å². The van der Waals surface area contributed by atoms with Gasteiger partial charge in [0.2, 0.25) is 5.78 Å². The SMILES string of the molecule is COC(=O)C1=C(O)C2(CCCCC2)n2cc(C3CC3)cc2C1=O. The number of fused-ring (bicyclic) bond motifs is 2. The quantitative estimate of drug-likeness (QED) is 0.672. The predicted molar refractivity (Wildman–Crippen MR) is 83.5 cm³/mol. The highest BCUT2D eigenvalue weighted by molar-refractivity contribution is 6.24. The van der Waals surface area contributed by atoms with Crippen LogP contribution in [0, 0.1) is 0 Å². The van der Waals surface area contributed by atoms with Crippen LogP contribution in [0.1, 0.15) is 66.9 Å². The Bertz CT molecular complexity index is 717. The molecule has 122 valence electrons.